The largest absolute Gasteiger partial charge is 0.463 e. The molecular weight excluding hydrogens is 344 g/mol. The summed E-state index contributed by atoms with van der Waals surface area (Å²) < 4.78 is 42.4. The van der Waals surface area contributed by atoms with Crippen molar-refractivity contribution >= 4 is 15.8 Å². The van der Waals surface area contributed by atoms with Crippen molar-refractivity contribution in [3.05, 3.63) is 52.3 Å². The lowest BCUT2D eigenvalue weighted by molar-refractivity contribution is -0.160. The molecule has 7 heteroatoms. The van der Waals surface area contributed by atoms with Crippen LogP contribution in [0.3, 0.4) is 0 Å². The van der Waals surface area contributed by atoms with Crippen LogP contribution in [0, 0.1) is 0 Å². The van der Waals surface area contributed by atoms with Crippen molar-refractivity contribution in [2.45, 2.75) is 44.3 Å². The molecule has 1 aromatic carbocycles. The lowest BCUT2D eigenvalue weighted by Gasteiger charge is -2.24. The third-order valence-corrected chi connectivity index (χ3v) is 6.24. The fraction of sp³-hybridized carbons (Fsp3) is 0.389. The van der Waals surface area contributed by atoms with Gasteiger partial charge < -0.3 is 14.2 Å². The molecule has 0 aliphatic carbocycles. The Hall–Kier alpha value is -2.28. The van der Waals surface area contributed by atoms with Gasteiger partial charge in [0.25, 0.3) is 5.79 Å². The van der Waals surface area contributed by atoms with Gasteiger partial charge in [-0.2, -0.15) is 0 Å². The third kappa shape index (κ3) is 3.04. The number of esters is 1. The highest BCUT2D eigenvalue weighted by molar-refractivity contribution is 7.95. The molecule has 0 amide bonds. The molecule has 1 unspecified atom stereocenters. The van der Waals surface area contributed by atoms with E-state index in [-0.39, 0.29) is 29.2 Å². The first-order valence-electron chi connectivity index (χ1n) is 8.04. The van der Waals surface area contributed by atoms with Crippen LogP contribution >= 0.6 is 0 Å². The van der Waals surface area contributed by atoms with E-state index in [1.165, 1.54) is 0 Å². The summed E-state index contributed by atoms with van der Waals surface area (Å²) in [6, 6.07) is 8.19. The zero-order chi connectivity index (χ0) is 18.2. The first-order chi connectivity index (χ1) is 11.8. The summed E-state index contributed by atoms with van der Waals surface area (Å²) in [5.41, 5.74) is 0.382. The predicted molar refractivity (Wildman–Crippen MR) is 89.8 cm³/mol. The summed E-state index contributed by atoms with van der Waals surface area (Å²) in [5.74, 6) is -0.947. The second kappa shape index (κ2) is 6.22. The van der Waals surface area contributed by atoms with Gasteiger partial charge in [0, 0.05) is 0 Å². The van der Waals surface area contributed by atoms with Crippen molar-refractivity contribution in [1.82, 2.24) is 0 Å². The van der Waals surface area contributed by atoms with E-state index in [0.29, 0.717) is 17.1 Å². The van der Waals surface area contributed by atoms with Crippen molar-refractivity contribution in [3.8, 4) is 0 Å². The van der Waals surface area contributed by atoms with Crippen molar-refractivity contribution < 1.29 is 27.4 Å². The minimum Gasteiger partial charge on any atom is -0.463 e. The monoisotopic (exact) mass is 364 g/mol. The van der Waals surface area contributed by atoms with Crippen molar-refractivity contribution in [1.29, 1.82) is 0 Å². The molecule has 0 saturated heterocycles. The molecule has 6 nitrogen and oxygen atoms in total. The van der Waals surface area contributed by atoms with Gasteiger partial charge in [-0.3, -0.25) is 0 Å². The highest BCUT2D eigenvalue weighted by Gasteiger charge is 2.51. The zero-order valence-electron chi connectivity index (χ0n) is 14.4. The minimum absolute atomic E-state index is 0.0519. The van der Waals surface area contributed by atoms with Crippen LogP contribution in [0.1, 0.15) is 33.6 Å². The quantitative estimate of drug-likeness (QED) is 0.764. The van der Waals surface area contributed by atoms with Crippen molar-refractivity contribution in [2.24, 2.45) is 0 Å². The molecule has 2 aliphatic heterocycles. The number of rotatable bonds is 4. The summed E-state index contributed by atoms with van der Waals surface area (Å²) in [6.07, 6.45) is 0.207. The van der Waals surface area contributed by atoms with Crippen LogP contribution in [0.15, 0.2) is 57.2 Å². The highest BCUT2D eigenvalue weighted by atomic mass is 32.2. The Kier molecular flexibility index (Phi) is 4.36. The van der Waals surface area contributed by atoms with E-state index in [9.17, 15) is 13.2 Å². The van der Waals surface area contributed by atoms with Gasteiger partial charge in [-0.1, -0.05) is 18.2 Å². The molecule has 0 bridgehead atoms. The Labute approximate surface area is 147 Å². The Morgan fingerprint density at radius 3 is 2.40 bits per heavy atom. The number of benzene rings is 1. The Morgan fingerprint density at radius 2 is 1.76 bits per heavy atom. The van der Waals surface area contributed by atoms with E-state index in [2.05, 4.69) is 0 Å². The van der Waals surface area contributed by atoms with E-state index in [0.717, 1.165) is 0 Å². The maximum absolute atomic E-state index is 12.9. The molecule has 0 aromatic heterocycles. The van der Waals surface area contributed by atoms with E-state index in [4.69, 9.17) is 14.2 Å². The molecule has 25 heavy (non-hydrogen) atoms. The number of carbonyl (C=O) groups is 1. The average molecular weight is 364 g/mol. The van der Waals surface area contributed by atoms with Crippen LogP contribution in [-0.4, -0.2) is 26.8 Å². The van der Waals surface area contributed by atoms with Gasteiger partial charge in [-0.05, 0) is 32.9 Å². The smallest absolute Gasteiger partial charge is 0.337 e. The molecule has 0 N–H and O–H groups in total. The van der Waals surface area contributed by atoms with Crippen LogP contribution in [-0.2, 0) is 28.8 Å². The number of allylic oxidation sites excluding steroid dienone is 2. The van der Waals surface area contributed by atoms with Gasteiger partial charge >= 0.3 is 5.97 Å². The number of ether oxygens (including phenoxy) is 3. The van der Waals surface area contributed by atoms with Gasteiger partial charge in [-0.15, -0.1) is 0 Å². The number of hydrogen-bond acceptors (Lipinski definition) is 6. The molecule has 1 aromatic rings. The number of sulfone groups is 1. The SMILES string of the molecule is CCOC(=O)C1=C(C)OC2(C1)CC(S(=O)(=O)c1ccccc1)=C(C)O2. The standard InChI is InChI=1S/C18H20O6S/c1-4-22-17(19)15-10-18(23-12(15)2)11-16(13(3)24-18)25(20,21)14-8-6-5-7-9-14/h5-9H,4,10-11H2,1-3H3. The van der Waals surface area contributed by atoms with Gasteiger partial charge in [0.05, 0.1) is 34.8 Å². The van der Waals surface area contributed by atoms with Gasteiger partial charge in [-0.25, -0.2) is 13.2 Å². The van der Waals surface area contributed by atoms with Gasteiger partial charge in [0.1, 0.15) is 11.5 Å². The summed E-state index contributed by atoms with van der Waals surface area (Å²) in [7, 11) is -3.68. The topological polar surface area (TPSA) is 78.9 Å². The maximum Gasteiger partial charge on any atom is 0.337 e. The normalized spacial score (nSPS) is 23.0. The second-order valence-electron chi connectivity index (χ2n) is 6.02. The molecule has 134 valence electrons. The Bertz CT molecular complexity index is 866. The predicted octanol–water partition coefficient (Wildman–Crippen LogP) is 3.07. The molecular formula is C18H20O6S. The van der Waals surface area contributed by atoms with E-state index in [1.54, 1.807) is 51.1 Å². The Balaban J connectivity index is 1.85. The zero-order valence-corrected chi connectivity index (χ0v) is 15.2. The van der Waals surface area contributed by atoms with Crippen LogP contribution in [0.4, 0.5) is 0 Å². The molecule has 0 saturated carbocycles. The maximum atomic E-state index is 12.9. The molecule has 2 aliphatic rings. The van der Waals surface area contributed by atoms with Crippen molar-refractivity contribution in [3.63, 3.8) is 0 Å². The van der Waals surface area contributed by atoms with Crippen LogP contribution in [0.25, 0.3) is 0 Å². The van der Waals surface area contributed by atoms with E-state index < -0.39 is 21.6 Å². The third-order valence-electron chi connectivity index (χ3n) is 4.27. The first kappa shape index (κ1) is 17.5. The van der Waals surface area contributed by atoms with Crippen LogP contribution < -0.4 is 0 Å². The summed E-state index contributed by atoms with van der Waals surface area (Å²) >= 11 is 0. The molecule has 0 radical (unpaired) electrons. The number of carbonyl (C=O) groups excluding carboxylic acids is 1. The van der Waals surface area contributed by atoms with E-state index in [1.807, 2.05) is 0 Å². The summed E-state index contributed by atoms with van der Waals surface area (Å²) in [5, 5.41) is 0. The number of hydrogen-bond donors (Lipinski definition) is 0. The molecule has 2 heterocycles. The summed E-state index contributed by atoms with van der Waals surface area (Å²) in [6.45, 7) is 5.24. The van der Waals surface area contributed by atoms with Crippen LogP contribution in [0.2, 0.25) is 0 Å². The van der Waals surface area contributed by atoms with Gasteiger partial charge in [0.2, 0.25) is 9.84 Å². The van der Waals surface area contributed by atoms with Crippen molar-refractivity contribution in [2.75, 3.05) is 6.61 Å². The highest BCUT2D eigenvalue weighted by Crippen LogP contribution is 2.48. The molecule has 0 fully saturated rings. The first-order valence-corrected chi connectivity index (χ1v) is 9.52. The fourth-order valence-electron chi connectivity index (χ4n) is 3.13. The second-order valence-corrected chi connectivity index (χ2v) is 7.99. The van der Waals surface area contributed by atoms with Gasteiger partial charge in [0.15, 0.2) is 0 Å². The summed E-state index contributed by atoms with van der Waals surface area (Å²) in [4.78, 5) is 12.4. The van der Waals surface area contributed by atoms with E-state index >= 15 is 0 Å². The average Bonchev–Trinajstić information content (AvgIpc) is 3.07. The fourth-order valence-corrected chi connectivity index (χ4v) is 4.76. The molecule has 1 spiro atoms. The molecule has 1 atom stereocenters. The van der Waals surface area contributed by atoms with Crippen LogP contribution in [0.5, 0.6) is 0 Å². The lowest BCUT2D eigenvalue weighted by Crippen LogP contribution is -2.29. The molecule has 3 rings (SSSR count). The Morgan fingerprint density at radius 1 is 1.12 bits per heavy atom. The minimum atomic E-state index is -3.68. The lowest BCUT2D eigenvalue weighted by atomic mass is 10.1.